The highest BCUT2D eigenvalue weighted by atomic mass is 16.2. The third-order valence-corrected chi connectivity index (χ3v) is 7.16. The van der Waals surface area contributed by atoms with Crippen LogP contribution in [0.5, 0.6) is 0 Å². The van der Waals surface area contributed by atoms with E-state index in [1.807, 2.05) is 108 Å². The van der Waals surface area contributed by atoms with Crippen molar-refractivity contribution in [1.82, 2.24) is 0 Å². The van der Waals surface area contributed by atoms with Gasteiger partial charge in [0.1, 0.15) is 18.7 Å². The minimum Gasteiger partial charge on any atom is -0.369 e. The van der Waals surface area contributed by atoms with Crippen LogP contribution in [0.15, 0.2) is 119 Å². The molecule has 0 aromatic heterocycles. The molecule has 2 atom stereocenters. The normalized spacial score (nSPS) is 18.6. The van der Waals surface area contributed by atoms with Gasteiger partial charge in [-0.25, -0.2) is 4.79 Å². The number of carbonyl (C=O) groups is 1. The maximum absolute atomic E-state index is 13.0. The van der Waals surface area contributed by atoms with E-state index < -0.39 is 6.03 Å². The van der Waals surface area contributed by atoms with Crippen LogP contribution in [0.2, 0.25) is 0 Å². The third-order valence-electron chi connectivity index (χ3n) is 7.16. The monoisotopic (exact) mass is 515 g/mol. The standard InChI is InChI=1S/C31H29N7O/c1-22-35(26-17-9-10-18-27(26)36(22)24-13-5-3-6-14-24)21-33-31(39)34-30(32)38-23(2)37(25-15-7-4-8-16-25)28-19-11-12-20-29(28)38/h3-23H,1-2H3,(H2,32,34,39)/b33-21+. The van der Waals surface area contributed by atoms with Gasteiger partial charge in [-0.3, -0.25) is 4.90 Å². The number of hydrogen-bond donors (Lipinski definition) is 1. The SMILES string of the molecule is CC1N(/C=N/C(=O)N=C(N)N2c3ccccc3N(c3ccccc3)C2C)c2ccccc2N1c1ccccc1. The van der Waals surface area contributed by atoms with Gasteiger partial charge in [-0.2, -0.15) is 9.98 Å². The number of rotatable bonds is 3. The molecule has 2 amide bonds. The predicted molar refractivity (Wildman–Crippen MR) is 159 cm³/mol. The Labute approximate surface area is 227 Å². The van der Waals surface area contributed by atoms with Gasteiger partial charge in [0.15, 0.2) is 0 Å². The summed E-state index contributed by atoms with van der Waals surface area (Å²) in [6, 6.07) is 35.6. The molecular weight excluding hydrogens is 486 g/mol. The predicted octanol–water partition coefficient (Wildman–Crippen LogP) is 6.46. The summed E-state index contributed by atoms with van der Waals surface area (Å²) in [4.78, 5) is 29.5. The van der Waals surface area contributed by atoms with Crippen molar-refractivity contribution >= 4 is 52.5 Å². The molecule has 4 aromatic rings. The highest BCUT2D eigenvalue weighted by Gasteiger charge is 2.36. The van der Waals surface area contributed by atoms with E-state index in [9.17, 15) is 4.79 Å². The van der Waals surface area contributed by atoms with E-state index in [1.165, 1.54) is 0 Å². The molecule has 0 aliphatic carbocycles. The molecule has 0 bridgehead atoms. The van der Waals surface area contributed by atoms with Crippen LogP contribution in [-0.2, 0) is 0 Å². The number of para-hydroxylation sites is 6. The largest absolute Gasteiger partial charge is 0.371 e. The lowest BCUT2D eigenvalue weighted by Gasteiger charge is -2.29. The molecule has 2 aliphatic rings. The van der Waals surface area contributed by atoms with Crippen molar-refractivity contribution in [3.63, 3.8) is 0 Å². The molecule has 2 heterocycles. The van der Waals surface area contributed by atoms with Gasteiger partial charge < -0.3 is 20.4 Å². The minimum absolute atomic E-state index is 0.0902. The molecule has 0 fully saturated rings. The van der Waals surface area contributed by atoms with Crippen molar-refractivity contribution in [1.29, 1.82) is 0 Å². The summed E-state index contributed by atoms with van der Waals surface area (Å²) in [5.41, 5.74) is 12.4. The van der Waals surface area contributed by atoms with E-state index in [-0.39, 0.29) is 18.3 Å². The second kappa shape index (κ2) is 9.98. The molecule has 2 aliphatic heterocycles. The summed E-state index contributed by atoms with van der Waals surface area (Å²) in [6.07, 6.45) is 1.27. The number of anilines is 6. The lowest BCUT2D eigenvalue weighted by molar-refractivity contribution is 0.257. The number of guanidine groups is 1. The van der Waals surface area contributed by atoms with E-state index in [4.69, 9.17) is 5.73 Å². The fourth-order valence-electron chi connectivity index (χ4n) is 5.46. The molecule has 39 heavy (non-hydrogen) atoms. The Morgan fingerprint density at radius 1 is 0.667 bits per heavy atom. The van der Waals surface area contributed by atoms with Crippen molar-refractivity contribution in [2.75, 3.05) is 19.6 Å². The number of nitrogens with two attached hydrogens (primary N) is 1. The van der Waals surface area contributed by atoms with E-state index >= 15 is 0 Å². The van der Waals surface area contributed by atoms with E-state index in [2.05, 4.69) is 44.9 Å². The maximum atomic E-state index is 13.0. The molecule has 4 aromatic carbocycles. The summed E-state index contributed by atoms with van der Waals surface area (Å²) in [6.45, 7) is 4.10. The van der Waals surface area contributed by atoms with Crippen LogP contribution >= 0.6 is 0 Å². The Kier molecular flexibility index (Phi) is 6.20. The zero-order valence-electron chi connectivity index (χ0n) is 21.8. The Morgan fingerprint density at radius 3 is 1.72 bits per heavy atom. The molecule has 0 spiro atoms. The van der Waals surface area contributed by atoms with E-state index in [0.717, 1.165) is 34.1 Å². The number of amides is 2. The van der Waals surface area contributed by atoms with Gasteiger partial charge in [-0.1, -0.05) is 60.7 Å². The van der Waals surface area contributed by atoms with Crippen molar-refractivity contribution in [3.05, 3.63) is 109 Å². The molecule has 2 unspecified atom stereocenters. The third kappa shape index (κ3) is 4.25. The first-order valence-electron chi connectivity index (χ1n) is 12.9. The first-order valence-corrected chi connectivity index (χ1v) is 12.9. The number of carbonyl (C=O) groups excluding carboxylic acids is 1. The number of nitrogens with zero attached hydrogens (tertiary/aromatic N) is 6. The number of fused-ring (bicyclic) bond motifs is 2. The van der Waals surface area contributed by atoms with Crippen LogP contribution < -0.4 is 25.3 Å². The van der Waals surface area contributed by atoms with Crippen LogP contribution in [0.25, 0.3) is 0 Å². The molecular formula is C31H29N7O. The van der Waals surface area contributed by atoms with Crippen molar-refractivity contribution < 1.29 is 4.79 Å². The molecule has 8 heteroatoms. The highest BCUT2D eigenvalue weighted by molar-refractivity contribution is 6.08. The van der Waals surface area contributed by atoms with Crippen molar-refractivity contribution in [2.45, 2.75) is 26.2 Å². The molecule has 0 radical (unpaired) electrons. The van der Waals surface area contributed by atoms with Gasteiger partial charge in [0.2, 0.25) is 5.96 Å². The minimum atomic E-state index is -0.668. The summed E-state index contributed by atoms with van der Waals surface area (Å²) >= 11 is 0. The summed E-state index contributed by atoms with van der Waals surface area (Å²) in [5, 5.41) is 0. The maximum Gasteiger partial charge on any atom is 0.371 e. The van der Waals surface area contributed by atoms with Gasteiger partial charge in [0.05, 0.1) is 22.7 Å². The van der Waals surface area contributed by atoms with E-state index in [0.29, 0.717) is 0 Å². The summed E-state index contributed by atoms with van der Waals surface area (Å²) in [5.74, 6) is 0.0938. The van der Waals surface area contributed by atoms with Crippen LogP contribution in [0, 0.1) is 0 Å². The van der Waals surface area contributed by atoms with Gasteiger partial charge in [-0.15, -0.1) is 0 Å². The van der Waals surface area contributed by atoms with Crippen LogP contribution in [0.3, 0.4) is 0 Å². The Morgan fingerprint density at radius 2 is 1.13 bits per heavy atom. The van der Waals surface area contributed by atoms with E-state index in [1.54, 1.807) is 6.34 Å². The topological polar surface area (TPSA) is 80.8 Å². The fraction of sp³-hybridized carbons (Fsp3) is 0.129. The van der Waals surface area contributed by atoms with Crippen molar-refractivity contribution in [2.24, 2.45) is 15.7 Å². The molecule has 0 saturated heterocycles. The fourth-order valence-corrected chi connectivity index (χ4v) is 5.46. The quantitative estimate of drug-likeness (QED) is 0.249. The molecule has 0 saturated carbocycles. The lowest BCUT2D eigenvalue weighted by Crippen LogP contribution is -2.46. The second-order valence-corrected chi connectivity index (χ2v) is 9.43. The first kappa shape index (κ1) is 24.2. The van der Waals surface area contributed by atoms with Gasteiger partial charge in [0.25, 0.3) is 0 Å². The van der Waals surface area contributed by atoms with Gasteiger partial charge in [0, 0.05) is 11.4 Å². The molecule has 8 nitrogen and oxygen atoms in total. The average molecular weight is 516 g/mol. The number of aliphatic imine (C=N–C) groups is 2. The Bertz CT molecular complexity index is 1550. The lowest BCUT2D eigenvalue weighted by atomic mass is 10.2. The van der Waals surface area contributed by atoms with Crippen LogP contribution in [0.1, 0.15) is 13.8 Å². The number of urea groups is 1. The smallest absolute Gasteiger partial charge is 0.369 e. The average Bonchev–Trinajstić information content (AvgIpc) is 3.42. The molecule has 6 rings (SSSR count). The number of benzene rings is 4. The highest BCUT2D eigenvalue weighted by Crippen LogP contribution is 2.44. The summed E-state index contributed by atoms with van der Waals surface area (Å²) < 4.78 is 0. The van der Waals surface area contributed by atoms with Crippen LogP contribution in [0.4, 0.5) is 38.9 Å². The zero-order chi connectivity index (χ0) is 26.9. The van der Waals surface area contributed by atoms with Gasteiger partial charge in [-0.05, 0) is 62.4 Å². The molecule has 2 N–H and O–H groups in total. The van der Waals surface area contributed by atoms with Gasteiger partial charge >= 0.3 is 6.03 Å². The zero-order valence-corrected chi connectivity index (χ0v) is 21.8. The first-order chi connectivity index (χ1) is 19.0. The number of hydrogen-bond acceptors (Lipinski definition) is 3. The van der Waals surface area contributed by atoms with Crippen LogP contribution in [-0.4, -0.2) is 30.7 Å². The Hall–Kier alpha value is -5.11. The summed E-state index contributed by atoms with van der Waals surface area (Å²) in [7, 11) is 0. The second-order valence-electron chi connectivity index (χ2n) is 9.43. The molecule has 194 valence electrons. The Balaban J connectivity index is 1.26. The van der Waals surface area contributed by atoms with Crippen molar-refractivity contribution in [3.8, 4) is 0 Å².